The van der Waals surface area contributed by atoms with Crippen molar-refractivity contribution in [1.29, 1.82) is 0 Å². The lowest BCUT2D eigenvalue weighted by Gasteiger charge is -2.21. The quantitative estimate of drug-likeness (QED) is 0.355. The maximum atomic E-state index is 12.3. The Morgan fingerprint density at radius 2 is 1.66 bits per heavy atom. The molecule has 35 heavy (non-hydrogen) atoms. The standard InChI is InChI=1S/C28H29N3O4/c1-20-25(29-27(35-20)24-8-4-3-5-9-24)14-17-31(21(2)32)19-23-12-10-22(11-13-23)18-26(28(33)34)30-15-6-7-16-30/h3-13,15-16,26H,14,17-19H2,1-2H3,(H,33,34)/t26-/m0/s1. The van der Waals surface area contributed by atoms with Crippen LogP contribution in [0.1, 0.15) is 35.5 Å². The van der Waals surface area contributed by atoms with Gasteiger partial charge >= 0.3 is 5.97 Å². The Labute approximate surface area is 204 Å². The van der Waals surface area contributed by atoms with Gasteiger partial charge in [0.15, 0.2) is 0 Å². The maximum Gasteiger partial charge on any atom is 0.327 e. The van der Waals surface area contributed by atoms with Crippen molar-refractivity contribution in [3.63, 3.8) is 0 Å². The van der Waals surface area contributed by atoms with Gasteiger partial charge in [-0.2, -0.15) is 0 Å². The van der Waals surface area contributed by atoms with Crippen LogP contribution in [0.4, 0.5) is 0 Å². The van der Waals surface area contributed by atoms with Gasteiger partial charge in [-0.15, -0.1) is 0 Å². The van der Waals surface area contributed by atoms with Gasteiger partial charge in [-0.25, -0.2) is 9.78 Å². The number of carboxylic acid groups (broad SMARTS) is 1. The van der Waals surface area contributed by atoms with Gasteiger partial charge < -0.3 is 19.0 Å². The first-order valence-electron chi connectivity index (χ1n) is 11.6. The third-order valence-corrected chi connectivity index (χ3v) is 6.08. The van der Waals surface area contributed by atoms with E-state index in [1.165, 1.54) is 0 Å². The highest BCUT2D eigenvalue weighted by atomic mass is 16.4. The number of carbonyl (C=O) groups excluding carboxylic acids is 1. The third kappa shape index (κ3) is 6.06. The molecule has 1 amide bonds. The van der Waals surface area contributed by atoms with Crippen molar-refractivity contribution in [2.24, 2.45) is 0 Å². The fraction of sp³-hybridized carbons (Fsp3) is 0.250. The van der Waals surface area contributed by atoms with Gasteiger partial charge in [0.2, 0.25) is 11.8 Å². The predicted molar refractivity (Wildman–Crippen MR) is 133 cm³/mol. The van der Waals surface area contributed by atoms with Gasteiger partial charge in [0.25, 0.3) is 0 Å². The Hall–Kier alpha value is -4.13. The third-order valence-electron chi connectivity index (χ3n) is 6.08. The highest BCUT2D eigenvalue weighted by Gasteiger charge is 2.19. The van der Waals surface area contributed by atoms with Gasteiger partial charge in [-0.1, -0.05) is 42.5 Å². The van der Waals surface area contributed by atoms with Crippen LogP contribution in [-0.4, -0.2) is 38.0 Å². The Kier molecular flexibility index (Phi) is 7.45. The van der Waals surface area contributed by atoms with E-state index in [2.05, 4.69) is 4.98 Å². The van der Waals surface area contributed by atoms with Crippen molar-refractivity contribution in [1.82, 2.24) is 14.5 Å². The molecule has 0 saturated heterocycles. The average molecular weight is 472 g/mol. The number of amides is 1. The van der Waals surface area contributed by atoms with Crippen molar-refractivity contribution in [3.8, 4) is 11.5 Å². The van der Waals surface area contributed by atoms with Crippen LogP contribution >= 0.6 is 0 Å². The number of oxazole rings is 1. The van der Waals surface area contributed by atoms with Crippen molar-refractivity contribution >= 4 is 11.9 Å². The summed E-state index contributed by atoms with van der Waals surface area (Å²) < 4.78 is 7.54. The molecule has 1 N–H and O–H groups in total. The molecule has 0 unspecified atom stereocenters. The first-order valence-corrected chi connectivity index (χ1v) is 11.6. The summed E-state index contributed by atoms with van der Waals surface area (Å²) in [5.41, 5.74) is 3.68. The van der Waals surface area contributed by atoms with Crippen LogP contribution in [0.3, 0.4) is 0 Å². The highest BCUT2D eigenvalue weighted by Crippen LogP contribution is 2.22. The van der Waals surface area contributed by atoms with Gasteiger partial charge in [0, 0.05) is 50.8 Å². The van der Waals surface area contributed by atoms with Crippen LogP contribution < -0.4 is 0 Å². The molecule has 0 radical (unpaired) electrons. The van der Waals surface area contributed by atoms with Crippen molar-refractivity contribution in [2.45, 2.75) is 39.3 Å². The molecule has 0 spiro atoms. The number of carboxylic acids is 1. The molecular formula is C28H29N3O4. The number of rotatable bonds is 10. The lowest BCUT2D eigenvalue weighted by atomic mass is 10.0. The fourth-order valence-electron chi connectivity index (χ4n) is 4.05. The molecule has 2 aromatic heterocycles. The molecule has 0 fully saturated rings. The molecular weight excluding hydrogens is 442 g/mol. The van der Waals surface area contributed by atoms with E-state index in [-0.39, 0.29) is 5.91 Å². The van der Waals surface area contributed by atoms with Crippen molar-refractivity contribution in [2.75, 3.05) is 6.54 Å². The van der Waals surface area contributed by atoms with Gasteiger partial charge in [0.05, 0.1) is 5.69 Å². The van der Waals surface area contributed by atoms with Gasteiger partial charge in [-0.3, -0.25) is 4.79 Å². The van der Waals surface area contributed by atoms with Crippen molar-refractivity contribution < 1.29 is 19.1 Å². The van der Waals surface area contributed by atoms with Crippen LogP contribution in [0.5, 0.6) is 0 Å². The number of nitrogens with zero attached hydrogens (tertiary/aromatic N) is 3. The molecule has 7 nitrogen and oxygen atoms in total. The Bertz CT molecular complexity index is 1260. The summed E-state index contributed by atoms with van der Waals surface area (Å²) in [5, 5.41) is 9.60. The number of carbonyl (C=O) groups is 2. The van der Waals surface area contributed by atoms with E-state index in [1.54, 1.807) is 28.8 Å². The van der Waals surface area contributed by atoms with Gasteiger partial charge in [0.1, 0.15) is 11.8 Å². The lowest BCUT2D eigenvalue weighted by Crippen LogP contribution is -2.30. The summed E-state index contributed by atoms with van der Waals surface area (Å²) in [4.78, 5) is 30.4. The van der Waals surface area contributed by atoms with Crippen LogP contribution in [0.25, 0.3) is 11.5 Å². The monoisotopic (exact) mass is 471 g/mol. The molecule has 0 saturated carbocycles. The summed E-state index contributed by atoms with van der Waals surface area (Å²) in [6, 6.07) is 20.5. The van der Waals surface area contributed by atoms with E-state index >= 15 is 0 Å². The van der Waals surface area contributed by atoms with E-state index in [0.717, 1.165) is 28.1 Å². The van der Waals surface area contributed by atoms with Crippen LogP contribution in [-0.2, 0) is 29.0 Å². The molecule has 2 heterocycles. The summed E-state index contributed by atoms with van der Waals surface area (Å²) in [5.74, 6) is 0.457. The number of hydrogen-bond acceptors (Lipinski definition) is 4. The Balaban J connectivity index is 1.39. The zero-order chi connectivity index (χ0) is 24.8. The first-order chi connectivity index (χ1) is 16.9. The molecule has 1 atom stereocenters. The number of aryl methyl sites for hydroxylation is 1. The summed E-state index contributed by atoms with van der Waals surface area (Å²) >= 11 is 0. The summed E-state index contributed by atoms with van der Waals surface area (Å²) in [6.07, 6.45) is 4.50. The average Bonchev–Trinajstić information content (AvgIpc) is 3.51. The Morgan fingerprint density at radius 3 is 2.29 bits per heavy atom. The van der Waals surface area contributed by atoms with Crippen LogP contribution in [0, 0.1) is 6.92 Å². The summed E-state index contributed by atoms with van der Waals surface area (Å²) in [6.45, 7) is 4.45. The van der Waals surface area contributed by atoms with Gasteiger partial charge in [-0.05, 0) is 42.3 Å². The minimum atomic E-state index is -0.869. The smallest absolute Gasteiger partial charge is 0.327 e. The highest BCUT2D eigenvalue weighted by molar-refractivity contribution is 5.73. The molecule has 4 aromatic rings. The molecule has 7 heteroatoms. The molecule has 4 rings (SSSR count). The SMILES string of the molecule is CC(=O)N(CCc1nc(-c2ccccc2)oc1C)Cc1ccc(C[C@@H](C(=O)O)n2cccc2)cc1. The Morgan fingerprint density at radius 1 is 1.00 bits per heavy atom. The topological polar surface area (TPSA) is 88.6 Å². The van der Waals surface area contributed by atoms with E-state index in [9.17, 15) is 14.7 Å². The lowest BCUT2D eigenvalue weighted by molar-refractivity contribution is -0.140. The van der Waals surface area contributed by atoms with E-state index in [4.69, 9.17) is 4.42 Å². The minimum absolute atomic E-state index is 0.0166. The predicted octanol–water partition coefficient (Wildman–Crippen LogP) is 4.91. The number of benzene rings is 2. The van der Waals surface area contributed by atoms with E-state index in [0.29, 0.717) is 31.8 Å². The van der Waals surface area contributed by atoms with Crippen molar-refractivity contribution in [3.05, 3.63) is 102 Å². The molecule has 2 aromatic carbocycles. The zero-order valence-electron chi connectivity index (χ0n) is 19.9. The fourth-order valence-corrected chi connectivity index (χ4v) is 4.05. The summed E-state index contributed by atoms with van der Waals surface area (Å²) in [7, 11) is 0. The van der Waals surface area contributed by atoms with Crippen LogP contribution in [0.2, 0.25) is 0 Å². The van der Waals surface area contributed by atoms with E-state index < -0.39 is 12.0 Å². The number of hydrogen-bond donors (Lipinski definition) is 1. The number of aromatic nitrogens is 2. The first kappa shape index (κ1) is 24.0. The second-order valence-electron chi connectivity index (χ2n) is 8.58. The molecule has 0 aliphatic rings. The zero-order valence-corrected chi connectivity index (χ0v) is 19.9. The molecule has 0 aliphatic carbocycles. The largest absolute Gasteiger partial charge is 0.480 e. The second-order valence-corrected chi connectivity index (χ2v) is 8.58. The number of aliphatic carboxylic acids is 1. The maximum absolute atomic E-state index is 12.3. The molecule has 180 valence electrons. The van der Waals surface area contributed by atoms with Crippen LogP contribution in [0.15, 0.2) is 83.5 Å². The molecule has 0 bridgehead atoms. The second kappa shape index (κ2) is 10.9. The molecule has 0 aliphatic heterocycles. The normalized spacial score (nSPS) is 11.8. The van der Waals surface area contributed by atoms with E-state index in [1.807, 2.05) is 73.7 Å². The minimum Gasteiger partial charge on any atom is -0.480 e.